The minimum atomic E-state index is -0.204. The third kappa shape index (κ3) is 2.01. The highest BCUT2D eigenvalue weighted by atomic mass is 35.5. The number of nitrogens with two attached hydrogens (primary N) is 1. The first-order chi connectivity index (χ1) is 9.06. The number of nitrogens with zero attached hydrogens (tertiary/aromatic N) is 1. The summed E-state index contributed by atoms with van der Waals surface area (Å²) < 4.78 is 0. The standard InChI is InChI=1S/C13H10ClN3OS/c1-6-9-11(18)16-13(15)17-12(9)19-10(6)7-3-2-4-8(14)5-7/h2-5H,1H3,(H3,15,16,17,18). The number of aromatic amines is 1. The van der Waals surface area contributed by atoms with Gasteiger partial charge in [0.05, 0.1) is 5.39 Å². The predicted molar refractivity (Wildman–Crippen MR) is 79.8 cm³/mol. The molecule has 96 valence electrons. The Morgan fingerprint density at radius 1 is 1.42 bits per heavy atom. The molecule has 0 unspecified atom stereocenters. The van der Waals surface area contributed by atoms with Crippen molar-refractivity contribution in [2.75, 3.05) is 5.73 Å². The third-order valence-corrected chi connectivity index (χ3v) is 4.38. The van der Waals surface area contributed by atoms with Crippen LogP contribution in [0.5, 0.6) is 0 Å². The van der Waals surface area contributed by atoms with Crippen molar-refractivity contribution < 1.29 is 0 Å². The van der Waals surface area contributed by atoms with E-state index in [-0.39, 0.29) is 11.5 Å². The van der Waals surface area contributed by atoms with E-state index < -0.39 is 0 Å². The Labute approximate surface area is 117 Å². The maximum Gasteiger partial charge on any atom is 0.261 e. The number of rotatable bonds is 1. The number of hydrogen-bond acceptors (Lipinski definition) is 4. The van der Waals surface area contributed by atoms with Crippen LogP contribution in [-0.4, -0.2) is 9.97 Å². The molecule has 4 nitrogen and oxygen atoms in total. The minimum Gasteiger partial charge on any atom is -0.369 e. The van der Waals surface area contributed by atoms with Crippen LogP contribution in [0, 0.1) is 6.92 Å². The zero-order chi connectivity index (χ0) is 13.6. The van der Waals surface area contributed by atoms with Gasteiger partial charge in [-0.2, -0.15) is 0 Å². The Kier molecular flexibility index (Phi) is 2.80. The zero-order valence-corrected chi connectivity index (χ0v) is 11.6. The molecule has 0 spiro atoms. The molecule has 0 aliphatic rings. The van der Waals surface area contributed by atoms with E-state index in [1.807, 2.05) is 31.2 Å². The summed E-state index contributed by atoms with van der Waals surface area (Å²) >= 11 is 7.45. The molecule has 2 heterocycles. The molecule has 2 aromatic heterocycles. The molecule has 3 rings (SSSR count). The number of hydrogen-bond donors (Lipinski definition) is 2. The number of benzene rings is 1. The first kappa shape index (κ1) is 12.2. The SMILES string of the molecule is Cc1c(-c2cccc(Cl)c2)sc2nc(N)[nH]c(=O)c12. The molecule has 19 heavy (non-hydrogen) atoms. The maximum absolute atomic E-state index is 11.9. The summed E-state index contributed by atoms with van der Waals surface area (Å²) in [6, 6.07) is 7.53. The Hall–Kier alpha value is -1.85. The van der Waals surface area contributed by atoms with E-state index in [2.05, 4.69) is 9.97 Å². The molecule has 3 aromatic rings. The average molecular weight is 292 g/mol. The molecule has 1 aromatic carbocycles. The van der Waals surface area contributed by atoms with Crippen LogP contribution < -0.4 is 11.3 Å². The molecule has 0 saturated carbocycles. The lowest BCUT2D eigenvalue weighted by Gasteiger charge is -1.99. The largest absolute Gasteiger partial charge is 0.369 e. The fourth-order valence-corrected chi connectivity index (χ4v) is 3.44. The van der Waals surface area contributed by atoms with Gasteiger partial charge < -0.3 is 5.73 Å². The van der Waals surface area contributed by atoms with Gasteiger partial charge in [0.1, 0.15) is 4.83 Å². The van der Waals surface area contributed by atoms with Crippen molar-refractivity contribution in [2.45, 2.75) is 6.92 Å². The predicted octanol–water partition coefficient (Wildman–Crippen LogP) is 3.20. The number of aryl methyl sites for hydroxylation is 1. The first-order valence-electron chi connectivity index (χ1n) is 5.61. The van der Waals surface area contributed by atoms with Crippen molar-refractivity contribution in [3.8, 4) is 10.4 Å². The molecule has 0 amide bonds. The monoisotopic (exact) mass is 291 g/mol. The number of halogens is 1. The smallest absolute Gasteiger partial charge is 0.261 e. The number of anilines is 1. The number of thiophene rings is 1. The maximum atomic E-state index is 11.9. The molecule has 3 N–H and O–H groups in total. The van der Waals surface area contributed by atoms with Gasteiger partial charge in [-0.1, -0.05) is 23.7 Å². The number of fused-ring (bicyclic) bond motifs is 1. The number of H-pyrrole nitrogens is 1. The number of aromatic nitrogens is 2. The molecule has 0 radical (unpaired) electrons. The molecule has 6 heteroatoms. The van der Waals surface area contributed by atoms with Crippen LogP contribution in [0.15, 0.2) is 29.1 Å². The van der Waals surface area contributed by atoms with Crippen LogP contribution in [-0.2, 0) is 0 Å². The molecular weight excluding hydrogens is 282 g/mol. The van der Waals surface area contributed by atoms with E-state index in [0.29, 0.717) is 15.2 Å². The Bertz CT molecular complexity index is 838. The van der Waals surface area contributed by atoms with Crippen molar-refractivity contribution in [1.82, 2.24) is 9.97 Å². The lowest BCUT2D eigenvalue weighted by atomic mass is 10.1. The van der Waals surface area contributed by atoms with E-state index in [0.717, 1.165) is 16.0 Å². The molecule has 0 aliphatic carbocycles. The minimum absolute atomic E-state index is 0.136. The van der Waals surface area contributed by atoms with Crippen LogP contribution in [0.3, 0.4) is 0 Å². The van der Waals surface area contributed by atoms with Crippen LogP contribution in [0.1, 0.15) is 5.56 Å². The van der Waals surface area contributed by atoms with Gasteiger partial charge in [0.25, 0.3) is 5.56 Å². The summed E-state index contributed by atoms with van der Waals surface area (Å²) in [5, 5.41) is 1.25. The van der Waals surface area contributed by atoms with Crippen LogP contribution in [0.2, 0.25) is 5.02 Å². The topological polar surface area (TPSA) is 71.8 Å². The van der Waals surface area contributed by atoms with Crippen molar-refractivity contribution >= 4 is 39.1 Å². The summed E-state index contributed by atoms with van der Waals surface area (Å²) in [4.78, 5) is 20.3. The van der Waals surface area contributed by atoms with E-state index in [9.17, 15) is 4.79 Å². The molecule has 0 saturated heterocycles. The summed E-state index contributed by atoms with van der Waals surface area (Å²) in [7, 11) is 0. The summed E-state index contributed by atoms with van der Waals surface area (Å²) in [6.45, 7) is 1.90. The molecule has 0 aliphatic heterocycles. The van der Waals surface area contributed by atoms with E-state index in [1.54, 1.807) is 0 Å². The van der Waals surface area contributed by atoms with E-state index >= 15 is 0 Å². The van der Waals surface area contributed by atoms with Crippen LogP contribution in [0.4, 0.5) is 5.95 Å². The highest BCUT2D eigenvalue weighted by Gasteiger charge is 2.15. The number of nitrogen functional groups attached to an aromatic ring is 1. The van der Waals surface area contributed by atoms with E-state index in [4.69, 9.17) is 17.3 Å². The molecule has 0 bridgehead atoms. The van der Waals surface area contributed by atoms with Crippen molar-refractivity contribution in [2.24, 2.45) is 0 Å². The third-order valence-electron chi connectivity index (χ3n) is 2.91. The lowest BCUT2D eigenvalue weighted by Crippen LogP contribution is -2.10. The average Bonchev–Trinajstić information content (AvgIpc) is 2.66. The Morgan fingerprint density at radius 3 is 2.95 bits per heavy atom. The van der Waals surface area contributed by atoms with Gasteiger partial charge in [0, 0.05) is 9.90 Å². The second-order valence-corrected chi connectivity index (χ2v) is 5.63. The second kappa shape index (κ2) is 4.36. The fraction of sp³-hybridized carbons (Fsp3) is 0.0769. The van der Waals surface area contributed by atoms with E-state index in [1.165, 1.54) is 11.3 Å². The van der Waals surface area contributed by atoms with Gasteiger partial charge in [-0.3, -0.25) is 9.78 Å². The highest BCUT2D eigenvalue weighted by Crippen LogP contribution is 2.36. The van der Waals surface area contributed by atoms with Crippen molar-refractivity contribution in [3.05, 3.63) is 45.2 Å². The highest BCUT2D eigenvalue weighted by molar-refractivity contribution is 7.22. The summed E-state index contributed by atoms with van der Waals surface area (Å²) in [5.41, 5.74) is 7.24. The second-order valence-electron chi connectivity index (χ2n) is 4.20. The van der Waals surface area contributed by atoms with Crippen LogP contribution in [0.25, 0.3) is 20.7 Å². The quantitative estimate of drug-likeness (QED) is 0.723. The van der Waals surface area contributed by atoms with Gasteiger partial charge in [-0.15, -0.1) is 11.3 Å². The van der Waals surface area contributed by atoms with Crippen molar-refractivity contribution in [3.63, 3.8) is 0 Å². The summed E-state index contributed by atoms with van der Waals surface area (Å²) in [6.07, 6.45) is 0. The Balaban J connectivity index is 2.35. The van der Waals surface area contributed by atoms with Gasteiger partial charge in [0.2, 0.25) is 5.95 Å². The van der Waals surface area contributed by atoms with Gasteiger partial charge in [-0.05, 0) is 30.2 Å². The van der Waals surface area contributed by atoms with Gasteiger partial charge >= 0.3 is 0 Å². The van der Waals surface area contributed by atoms with Crippen molar-refractivity contribution in [1.29, 1.82) is 0 Å². The lowest BCUT2D eigenvalue weighted by molar-refractivity contribution is 1.19. The first-order valence-corrected chi connectivity index (χ1v) is 6.80. The normalized spacial score (nSPS) is 11.1. The van der Waals surface area contributed by atoms with Gasteiger partial charge in [-0.25, -0.2) is 4.98 Å². The Morgan fingerprint density at radius 2 is 2.21 bits per heavy atom. The summed E-state index contributed by atoms with van der Waals surface area (Å²) in [5.74, 6) is 0.136. The molecule has 0 atom stereocenters. The number of nitrogens with one attached hydrogen (secondary N) is 1. The van der Waals surface area contributed by atoms with Gasteiger partial charge in [0.15, 0.2) is 0 Å². The fourth-order valence-electron chi connectivity index (χ4n) is 2.07. The molecular formula is C13H10ClN3OS. The molecule has 0 fully saturated rings. The van der Waals surface area contributed by atoms with Crippen LogP contribution >= 0.6 is 22.9 Å². The zero-order valence-electron chi connectivity index (χ0n) is 10.0.